The summed E-state index contributed by atoms with van der Waals surface area (Å²) >= 11 is 0. The molecule has 0 spiro atoms. The monoisotopic (exact) mass is 191 g/mol. The summed E-state index contributed by atoms with van der Waals surface area (Å²) in [5.74, 6) is 0. The van der Waals surface area contributed by atoms with Gasteiger partial charge < -0.3 is 10.0 Å². The average Bonchev–Trinajstić information content (AvgIpc) is 2.48. The van der Waals surface area contributed by atoms with Crippen LogP contribution in [0.4, 0.5) is 5.69 Å². The van der Waals surface area contributed by atoms with Gasteiger partial charge in [-0.1, -0.05) is 12.1 Å². The van der Waals surface area contributed by atoms with E-state index in [9.17, 15) is 0 Å². The van der Waals surface area contributed by atoms with Gasteiger partial charge in [0, 0.05) is 25.4 Å². The van der Waals surface area contributed by atoms with Crippen molar-refractivity contribution in [2.24, 2.45) is 0 Å². The zero-order valence-electron chi connectivity index (χ0n) is 8.83. The molecular weight excluding hydrogens is 174 g/mol. The van der Waals surface area contributed by atoms with Gasteiger partial charge in [0.25, 0.3) is 0 Å². The maximum atomic E-state index is 8.97. The molecule has 1 aromatic carbocycles. The van der Waals surface area contributed by atoms with Crippen molar-refractivity contribution in [1.29, 1.82) is 0 Å². The Labute approximate surface area is 85.2 Å². The molecule has 0 fully saturated rings. The molecule has 1 aromatic rings. The second-order valence-electron chi connectivity index (χ2n) is 4.05. The third-order valence-electron chi connectivity index (χ3n) is 3.22. The van der Waals surface area contributed by atoms with Gasteiger partial charge in [0.1, 0.15) is 0 Å². The quantitative estimate of drug-likeness (QED) is 0.769. The highest BCUT2D eigenvalue weighted by Gasteiger charge is 2.26. The third kappa shape index (κ3) is 1.40. The molecule has 0 radical (unpaired) electrons. The van der Waals surface area contributed by atoms with Crippen LogP contribution in [0.25, 0.3) is 0 Å². The molecule has 0 bridgehead atoms. The SMILES string of the molecule is Cc1cccc2c1CC(CCO)N2C. The summed E-state index contributed by atoms with van der Waals surface area (Å²) in [6, 6.07) is 6.91. The molecule has 0 amide bonds. The molecule has 0 aromatic heterocycles. The van der Waals surface area contributed by atoms with E-state index < -0.39 is 0 Å². The lowest BCUT2D eigenvalue weighted by Gasteiger charge is -2.21. The number of benzene rings is 1. The maximum absolute atomic E-state index is 8.97. The topological polar surface area (TPSA) is 23.5 Å². The average molecular weight is 191 g/mol. The van der Waals surface area contributed by atoms with Crippen LogP contribution in [0.5, 0.6) is 0 Å². The van der Waals surface area contributed by atoms with E-state index in [1.54, 1.807) is 0 Å². The number of fused-ring (bicyclic) bond motifs is 1. The molecule has 0 aliphatic carbocycles. The minimum absolute atomic E-state index is 0.280. The summed E-state index contributed by atoms with van der Waals surface area (Å²) in [6.45, 7) is 2.44. The van der Waals surface area contributed by atoms with E-state index >= 15 is 0 Å². The predicted molar refractivity (Wildman–Crippen MR) is 58.8 cm³/mol. The normalized spacial score (nSPS) is 19.9. The van der Waals surface area contributed by atoms with Gasteiger partial charge in [-0.25, -0.2) is 0 Å². The van der Waals surface area contributed by atoms with Gasteiger partial charge in [-0.2, -0.15) is 0 Å². The molecule has 1 aliphatic rings. The second-order valence-corrected chi connectivity index (χ2v) is 4.05. The van der Waals surface area contributed by atoms with Crippen molar-refractivity contribution >= 4 is 5.69 Å². The number of anilines is 1. The molecule has 0 saturated carbocycles. The first kappa shape index (κ1) is 9.53. The van der Waals surface area contributed by atoms with Gasteiger partial charge in [0.2, 0.25) is 0 Å². The minimum atomic E-state index is 0.280. The van der Waals surface area contributed by atoms with Crippen molar-refractivity contribution < 1.29 is 5.11 Å². The molecule has 2 nitrogen and oxygen atoms in total. The number of likely N-dealkylation sites (N-methyl/N-ethyl adjacent to an activating group) is 1. The lowest BCUT2D eigenvalue weighted by molar-refractivity contribution is 0.275. The largest absolute Gasteiger partial charge is 0.396 e. The molecule has 1 aliphatic heterocycles. The van der Waals surface area contributed by atoms with Gasteiger partial charge in [0.05, 0.1) is 0 Å². The van der Waals surface area contributed by atoms with E-state index in [0.29, 0.717) is 6.04 Å². The summed E-state index contributed by atoms with van der Waals surface area (Å²) < 4.78 is 0. The Morgan fingerprint density at radius 2 is 2.29 bits per heavy atom. The Kier molecular flexibility index (Phi) is 2.46. The summed E-state index contributed by atoms with van der Waals surface area (Å²) in [5.41, 5.74) is 4.16. The molecule has 2 rings (SSSR count). The molecule has 1 atom stereocenters. The number of rotatable bonds is 2. The summed E-state index contributed by atoms with van der Waals surface area (Å²) in [5, 5.41) is 8.97. The maximum Gasteiger partial charge on any atom is 0.0450 e. The van der Waals surface area contributed by atoms with Gasteiger partial charge in [-0.3, -0.25) is 0 Å². The highest BCUT2D eigenvalue weighted by molar-refractivity contribution is 5.61. The van der Waals surface area contributed by atoms with Crippen LogP contribution < -0.4 is 4.90 Å². The van der Waals surface area contributed by atoms with Crippen LogP contribution in [0.2, 0.25) is 0 Å². The van der Waals surface area contributed by atoms with E-state index in [-0.39, 0.29) is 6.61 Å². The van der Waals surface area contributed by atoms with E-state index in [0.717, 1.165) is 12.8 Å². The van der Waals surface area contributed by atoms with Crippen LogP contribution >= 0.6 is 0 Å². The zero-order valence-corrected chi connectivity index (χ0v) is 8.83. The van der Waals surface area contributed by atoms with Crippen LogP contribution in [-0.2, 0) is 6.42 Å². The molecule has 1 heterocycles. The fourth-order valence-electron chi connectivity index (χ4n) is 2.30. The van der Waals surface area contributed by atoms with Crippen LogP contribution in [0.1, 0.15) is 17.5 Å². The van der Waals surface area contributed by atoms with Crippen molar-refractivity contribution in [2.75, 3.05) is 18.6 Å². The lowest BCUT2D eigenvalue weighted by atomic mass is 10.0. The number of aliphatic hydroxyl groups is 1. The number of hydrogen-bond acceptors (Lipinski definition) is 2. The number of aryl methyl sites for hydroxylation is 1. The van der Waals surface area contributed by atoms with E-state index in [2.05, 4.69) is 37.1 Å². The Bertz CT molecular complexity index is 335. The lowest BCUT2D eigenvalue weighted by Crippen LogP contribution is -2.28. The fraction of sp³-hybridized carbons (Fsp3) is 0.500. The smallest absolute Gasteiger partial charge is 0.0450 e. The summed E-state index contributed by atoms with van der Waals surface area (Å²) in [7, 11) is 2.12. The van der Waals surface area contributed by atoms with Crippen LogP contribution in [0, 0.1) is 6.92 Å². The third-order valence-corrected chi connectivity index (χ3v) is 3.22. The van der Waals surface area contributed by atoms with Crippen molar-refractivity contribution in [2.45, 2.75) is 25.8 Å². The molecule has 0 saturated heterocycles. The van der Waals surface area contributed by atoms with Gasteiger partial charge in [0.15, 0.2) is 0 Å². The predicted octanol–water partition coefficient (Wildman–Crippen LogP) is 1.74. The molecule has 76 valence electrons. The first-order chi connectivity index (χ1) is 6.74. The fourth-order valence-corrected chi connectivity index (χ4v) is 2.30. The summed E-state index contributed by atoms with van der Waals surface area (Å²) in [4.78, 5) is 2.29. The Balaban J connectivity index is 2.30. The second kappa shape index (κ2) is 3.62. The highest BCUT2D eigenvalue weighted by atomic mass is 16.3. The Hall–Kier alpha value is -1.02. The van der Waals surface area contributed by atoms with Crippen LogP contribution in [0.3, 0.4) is 0 Å². The molecule has 1 unspecified atom stereocenters. The van der Waals surface area contributed by atoms with E-state index in [1.165, 1.54) is 16.8 Å². The Morgan fingerprint density at radius 1 is 1.50 bits per heavy atom. The number of hydrogen-bond donors (Lipinski definition) is 1. The van der Waals surface area contributed by atoms with Crippen molar-refractivity contribution in [3.63, 3.8) is 0 Å². The summed E-state index contributed by atoms with van der Waals surface area (Å²) in [6.07, 6.45) is 1.95. The van der Waals surface area contributed by atoms with Gasteiger partial charge >= 0.3 is 0 Å². The molecule has 1 N–H and O–H groups in total. The van der Waals surface area contributed by atoms with E-state index in [4.69, 9.17) is 5.11 Å². The first-order valence-corrected chi connectivity index (χ1v) is 5.16. The van der Waals surface area contributed by atoms with Crippen molar-refractivity contribution in [1.82, 2.24) is 0 Å². The van der Waals surface area contributed by atoms with Crippen molar-refractivity contribution in [3.8, 4) is 0 Å². The zero-order chi connectivity index (χ0) is 10.1. The highest BCUT2D eigenvalue weighted by Crippen LogP contribution is 2.33. The van der Waals surface area contributed by atoms with Gasteiger partial charge in [-0.15, -0.1) is 0 Å². The van der Waals surface area contributed by atoms with Crippen LogP contribution in [0.15, 0.2) is 18.2 Å². The standard InChI is InChI=1S/C12H17NO/c1-9-4-3-5-12-11(9)8-10(6-7-14)13(12)2/h3-5,10,14H,6-8H2,1-2H3. The number of nitrogens with zero attached hydrogens (tertiary/aromatic N) is 1. The van der Waals surface area contributed by atoms with Crippen LogP contribution in [-0.4, -0.2) is 24.8 Å². The number of aliphatic hydroxyl groups excluding tert-OH is 1. The minimum Gasteiger partial charge on any atom is -0.396 e. The molecule has 14 heavy (non-hydrogen) atoms. The van der Waals surface area contributed by atoms with E-state index in [1.807, 2.05) is 0 Å². The van der Waals surface area contributed by atoms with Gasteiger partial charge in [-0.05, 0) is 37.0 Å². The Morgan fingerprint density at radius 3 is 2.93 bits per heavy atom. The first-order valence-electron chi connectivity index (χ1n) is 5.16. The molecular formula is C12H17NO. The molecule has 2 heteroatoms. The van der Waals surface area contributed by atoms with Crippen molar-refractivity contribution in [3.05, 3.63) is 29.3 Å².